The third-order valence-corrected chi connectivity index (χ3v) is 2.78. The first-order valence-electron chi connectivity index (χ1n) is 6.26. The second-order valence-corrected chi connectivity index (χ2v) is 5.61. The summed E-state index contributed by atoms with van der Waals surface area (Å²) in [7, 11) is 0. The molecule has 114 valence electrons. The van der Waals surface area contributed by atoms with E-state index in [-0.39, 0.29) is 18.6 Å². The highest BCUT2D eigenvalue weighted by Gasteiger charge is 2.38. The summed E-state index contributed by atoms with van der Waals surface area (Å²) in [5, 5.41) is 2.94. The number of halogens is 3. The zero-order valence-corrected chi connectivity index (χ0v) is 12.1. The number of amides is 1. The maximum atomic E-state index is 12.5. The molecule has 0 aromatic carbocycles. The molecule has 0 saturated carbocycles. The first kappa shape index (κ1) is 18.2. The zero-order valence-electron chi connectivity index (χ0n) is 12.1. The van der Waals surface area contributed by atoms with E-state index >= 15 is 0 Å². The number of alkyl halides is 3. The minimum Gasteiger partial charge on any atom is -0.368 e. The number of hydrogen-bond acceptors (Lipinski definition) is 3. The molecule has 1 atom stereocenters. The van der Waals surface area contributed by atoms with E-state index < -0.39 is 24.2 Å². The molecule has 0 aromatic rings. The first-order valence-corrected chi connectivity index (χ1v) is 6.26. The van der Waals surface area contributed by atoms with E-state index in [1.165, 1.54) is 11.8 Å². The van der Waals surface area contributed by atoms with Crippen molar-refractivity contribution in [2.75, 3.05) is 13.1 Å². The fraction of sp³-hybridized carbons (Fsp3) is 0.917. The zero-order chi connectivity index (χ0) is 15.4. The molecule has 7 heteroatoms. The summed E-state index contributed by atoms with van der Waals surface area (Å²) in [5.74, 6) is -0.658. The Kier molecular flexibility index (Phi) is 6.28. The van der Waals surface area contributed by atoms with Crippen LogP contribution < -0.4 is 11.1 Å². The van der Waals surface area contributed by atoms with Gasteiger partial charge in [0.15, 0.2) is 0 Å². The highest BCUT2D eigenvalue weighted by molar-refractivity contribution is 5.84. The van der Waals surface area contributed by atoms with Crippen LogP contribution in [0.25, 0.3) is 0 Å². The predicted molar refractivity (Wildman–Crippen MR) is 68.6 cm³/mol. The van der Waals surface area contributed by atoms with Crippen LogP contribution in [0.2, 0.25) is 0 Å². The lowest BCUT2D eigenvalue weighted by atomic mass is 9.98. The monoisotopic (exact) mass is 283 g/mol. The third-order valence-electron chi connectivity index (χ3n) is 2.78. The number of hydrogen-bond donors (Lipinski definition) is 2. The summed E-state index contributed by atoms with van der Waals surface area (Å²) in [5.41, 5.74) is 4.13. The molecule has 0 bridgehead atoms. The average Bonchev–Trinajstić information content (AvgIpc) is 2.12. The second-order valence-electron chi connectivity index (χ2n) is 5.61. The van der Waals surface area contributed by atoms with Gasteiger partial charge in [0.2, 0.25) is 5.91 Å². The maximum absolute atomic E-state index is 12.5. The van der Waals surface area contributed by atoms with Gasteiger partial charge < -0.3 is 11.1 Å². The molecular formula is C12H24F3N3O. The maximum Gasteiger partial charge on any atom is 0.401 e. The predicted octanol–water partition coefficient (Wildman–Crippen LogP) is 1.50. The fourth-order valence-corrected chi connectivity index (χ4v) is 1.89. The Bertz CT molecular complexity index is 305. The van der Waals surface area contributed by atoms with Gasteiger partial charge in [-0.1, -0.05) is 0 Å². The largest absolute Gasteiger partial charge is 0.401 e. The lowest BCUT2D eigenvalue weighted by molar-refractivity contribution is -0.153. The van der Waals surface area contributed by atoms with Crippen molar-refractivity contribution in [3.63, 3.8) is 0 Å². The van der Waals surface area contributed by atoms with Crippen LogP contribution in [0.3, 0.4) is 0 Å². The number of rotatable bonds is 7. The molecule has 0 aromatic heterocycles. The third kappa shape index (κ3) is 6.77. The van der Waals surface area contributed by atoms with Gasteiger partial charge in [0.1, 0.15) is 5.54 Å². The van der Waals surface area contributed by atoms with E-state index in [1.807, 2.05) is 13.8 Å². The van der Waals surface area contributed by atoms with Crippen LogP contribution in [0, 0.1) is 0 Å². The molecule has 0 radical (unpaired) electrons. The molecule has 0 aliphatic carbocycles. The molecular weight excluding hydrogens is 259 g/mol. The molecule has 0 saturated heterocycles. The van der Waals surface area contributed by atoms with Gasteiger partial charge >= 0.3 is 6.18 Å². The summed E-state index contributed by atoms with van der Waals surface area (Å²) in [6, 6.07) is -0.397. The molecule has 0 spiro atoms. The molecule has 0 heterocycles. The molecule has 1 amide bonds. The van der Waals surface area contributed by atoms with Gasteiger partial charge in [-0.3, -0.25) is 9.69 Å². The number of nitrogens with zero attached hydrogens (tertiary/aromatic N) is 1. The Morgan fingerprint density at radius 1 is 1.21 bits per heavy atom. The van der Waals surface area contributed by atoms with E-state index in [1.54, 1.807) is 13.8 Å². The smallest absolute Gasteiger partial charge is 0.368 e. The molecule has 0 rings (SSSR count). The number of primary amides is 1. The van der Waals surface area contributed by atoms with Gasteiger partial charge in [0, 0.05) is 18.6 Å². The highest BCUT2D eigenvalue weighted by Crippen LogP contribution is 2.20. The lowest BCUT2D eigenvalue weighted by Crippen LogP contribution is -2.62. The van der Waals surface area contributed by atoms with Crippen molar-refractivity contribution in [3.8, 4) is 0 Å². The van der Waals surface area contributed by atoms with Gasteiger partial charge in [-0.15, -0.1) is 0 Å². The normalized spacial score (nSPS) is 16.2. The molecule has 19 heavy (non-hydrogen) atoms. The van der Waals surface area contributed by atoms with Crippen LogP contribution in [0.1, 0.15) is 34.6 Å². The van der Waals surface area contributed by atoms with E-state index in [2.05, 4.69) is 5.32 Å². The van der Waals surface area contributed by atoms with Gasteiger partial charge in [-0.05, 0) is 34.6 Å². The van der Waals surface area contributed by atoms with Crippen molar-refractivity contribution in [3.05, 3.63) is 0 Å². The SMILES string of the molecule is CC(C)NC(C)(CN(CC(F)(F)F)C(C)C)C(N)=O. The molecule has 4 nitrogen and oxygen atoms in total. The molecule has 3 N–H and O–H groups in total. The Morgan fingerprint density at radius 3 is 1.95 bits per heavy atom. The Labute approximate surface area is 112 Å². The van der Waals surface area contributed by atoms with Crippen LogP contribution in [-0.2, 0) is 4.79 Å². The van der Waals surface area contributed by atoms with E-state index in [0.29, 0.717) is 0 Å². The topological polar surface area (TPSA) is 58.4 Å². The van der Waals surface area contributed by atoms with E-state index in [0.717, 1.165) is 0 Å². The van der Waals surface area contributed by atoms with Crippen molar-refractivity contribution >= 4 is 5.91 Å². The van der Waals surface area contributed by atoms with Crippen LogP contribution in [0.4, 0.5) is 13.2 Å². The average molecular weight is 283 g/mol. The standard InChI is InChI=1S/C12H24F3N3O/c1-8(2)17-11(5,10(16)19)6-18(9(3)4)7-12(13,14)15/h8-9,17H,6-7H2,1-5H3,(H2,16,19). The summed E-state index contributed by atoms with van der Waals surface area (Å²) in [6.07, 6.45) is -4.30. The Morgan fingerprint density at radius 2 is 1.68 bits per heavy atom. The lowest BCUT2D eigenvalue weighted by Gasteiger charge is -2.37. The quantitative estimate of drug-likeness (QED) is 0.744. The highest BCUT2D eigenvalue weighted by atomic mass is 19.4. The number of nitrogens with one attached hydrogen (secondary N) is 1. The summed E-state index contributed by atoms with van der Waals surface area (Å²) >= 11 is 0. The molecule has 1 unspecified atom stereocenters. The van der Waals surface area contributed by atoms with Gasteiger partial charge in [0.25, 0.3) is 0 Å². The van der Waals surface area contributed by atoms with Crippen molar-refractivity contribution in [2.45, 2.75) is 58.4 Å². The van der Waals surface area contributed by atoms with Crippen LogP contribution in [-0.4, -0.2) is 47.7 Å². The van der Waals surface area contributed by atoms with Crippen molar-refractivity contribution in [1.82, 2.24) is 10.2 Å². The van der Waals surface area contributed by atoms with Crippen molar-refractivity contribution in [2.24, 2.45) is 5.73 Å². The van der Waals surface area contributed by atoms with Gasteiger partial charge in [-0.2, -0.15) is 13.2 Å². The van der Waals surface area contributed by atoms with E-state index in [9.17, 15) is 18.0 Å². The molecule has 0 aliphatic heterocycles. The minimum absolute atomic E-state index is 0.0580. The fourth-order valence-electron chi connectivity index (χ4n) is 1.89. The number of carbonyl (C=O) groups is 1. The molecule has 0 fully saturated rings. The minimum atomic E-state index is -4.30. The first-order chi connectivity index (χ1) is 8.37. The van der Waals surface area contributed by atoms with Gasteiger partial charge in [0.05, 0.1) is 6.54 Å². The second kappa shape index (κ2) is 6.56. The summed E-state index contributed by atoms with van der Waals surface area (Å²) < 4.78 is 37.6. The van der Waals surface area contributed by atoms with Crippen molar-refractivity contribution < 1.29 is 18.0 Å². The van der Waals surface area contributed by atoms with E-state index in [4.69, 9.17) is 5.73 Å². The van der Waals surface area contributed by atoms with Crippen LogP contribution in [0.5, 0.6) is 0 Å². The van der Waals surface area contributed by atoms with Crippen LogP contribution in [0.15, 0.2) is 0 Å². The molecule has 0 aliphatic rings. The van der Waals surface area contributed by atoms with Crippen molar-refractivity contribution in [1.29, 1.82) is 0 Å². The summed E-state index contributed by atoms with van der Waals surface area (Å²) in [6.45, 7) is 7.31. The van der Waals surface area contributed by atoms with Gasteiger partial charge in [-0.25, -0.2) is 0 Å². The summed E-state index contributed by atoms with van der Waals surface area (Å²) in [4.78, 5) is 12.7. The number of nitrogens with two attached hydrogens (primary N) is 1. The number of carbonyl (C=O) groups excluding carboxylic acids is 1. The Hall–Kier alpha value is -0.820. The van der Waals surface area contributed by atoms with Crippen LogP contribution >= 0.6 is 0 Å². The Balaban J connectivity index is 5.00.